The van der Waals surface area contributed by atoms with Gasteiger partial charge in [-0.3, -0.25) is 4.79 Å². The van der Waals surface area contributed by atoms with Crippen molar-refractivity contribution in [3.05, 3.63) is 58.7 Å². The van der Waals surface area contributed by atoms with Gasteiger partial charge in [0.05, 0.1) is 23.8 Å². The van der Waals surface area contributed by atoms with Gasteiger partial charge in [-0.2, -0.15) is 0 Å². The minimum atomic E-state index is -1.64. The first-order valence-electron chi connectivity index (χ1n) is 6.96. The predicted octanol–water partition coefficient (Wildman–Crippen LogP) is 2.89. The average molecular weight is 352 g/mol. The molecule has 0 radical (unpaired) electrons. The molecule has 0 saturated carbocycles. The van der Waals surface area contributed by atoms with E-state index in [-0.39, 0.29) is 18.1 Å². The van der Waals surface area contributed by atoms with Crippen molar-refractivity contribution in [1.82, 2.24) is 0 Å². The molecule has 0 fully saturated rings. The van der Waals surface area contributed by atoms with Crippen LogP contribution in [0.5, 0.6) is 11.5 Å². The number of ether oxygens (including phenoxy) is 3. The maximum absolute atomic E-state index is 14.2. The highest BCUT2D eigenvalue weighted by Gasteiger charge is 2.24. The molecule has 0 bridgehead atoms. The van der Waals surface area contributed by atoms with Crippen molar-refractivity contribution in [2.45, 2.75) is 0 Å². The molecule has 8 heteroatoms. The van der Waals surface area contributed by atoms with E-state index in [0.29, 0.717) is 5.75 Å². The van der Waals surface area contributed by atoms with Gasteiger partial charge in [0.15, 0.2) is 24.2 Å². The Morgan fingerprint density at radius 1 is 1.00 bits per heavy atom. The molecule has 0 aromatic heterocycles. The lowest BCUT2D eigenvalue weighted by Crippen LogP contribution is -2.12. The van der Waals surface area contributed by atoms with Gasteiger partial charge in [-0.05, 0) is 30.3 Å². The highest BCUT2D eigenvalue weighted by atomic mass is 19.2. The quantitative estimate of drug-likeness (QED) is 0.609. The highest BCUT2D eigenvalue weighted by Crippen LogP contribution is 2.28. The van der Waals surface area contributed by atoms with Gasteiger partial charge >= 0.3 is 5.97 Å². The lowest BCUT2D eigenvalue weighted by Gasteiger charge is -2.12. The predicted molar refractivity (Wildman–Crippen MR) is 82.2 cm³/mol. The molecule has 25 heavy (non-hydrogen) atoms. The molecule has 0 amide bonds. The number of carboxylic acids is 1. The molecule has 0 saturated heterocycles. The van der Waals surface area contributed by atoms with E-state index in [1.54, 1.807) is 0 Å². The first-order chi connectivity index (χ1) is 11.9. The molecule has 2 rings (SSSR count). The van der Waals surface area contributed by atoms with Crippen LogP contribution in [0.2, 0.25) is 0 Å². The van der Waals surface area contributed by atoms with Gasteiger partial charge in [-0.15, -0.1) is 0 Å². The second-order valence-electron chi connectivity index (χ2n) is 4.84. The molecule has 0 spiro atoms. The summed E-state index contributed by atoms with van der Waals surface area (Å²) in [5.41, 5.74) is -1.58. The van der Waals surface area contributed by atoms with Crippen LogP contribution in [0.4, 0.5) is 8.78 Å². The molecule has 6 nitrogen and oxygen atoms in total. The van der Waals surface area contributed by atoms with Crippen molar-refractivity contribution in [2.24, 2.45) is 0 Å². The smallest absolute Gasteiger partial charge is 0.338 e. The molecule has 132 valence electrons. The van der Waals surface area contributed by atoms with Crippen molar-refractivity contribution >= 4 is 11.8 Å². The standard InChI is InChI=1S/C17H14F2O6/c1-23-8-25-13-6-3-9(24-2)7-12(13)16(20)10-4-5-11(17(21)22)15(19)14(10)18/h3-7H,8H2,1-2H3,(H,21,22). The third-order valence-corrected chi connectivity index (χ3v) is 3.32. The zero-order valence-corrected chi connectivity index (χ0v) is 13.3. The summed E-state index contributed by atoms with van der Waals surface area (Å²) in [6, 6.07) is 5.97. The second-order valence-corrected chi connectivity index (χ2v) is 4.84. The fraction of sp³-hybridized carbons (Fsp3) is 0.176. The van der Waals surface area contributed by atoms with Crippen LogP contribution in [-0.4, -0.2) is 37.9 Å². The molecule has 0 aliphatic heterocycles. The van der Waals surface area contributed by atoms with E-state index in [0.717, 1.165) is 12.1 Å². The fourth-order valence-corrected chi connectivity index (χ4v) is 2.10. The molecule has 0 atom stereocenters. The third-order valence-electron chi connectivity index (χ3n) is 3.32. The Balaban J connectivity index is 2.53. The number of halogens is 2. The summed E-state index contributed by atoms with van der Waals surface area (Å²) < 4.78 is 43.1. The van der Waals surface area contributed by atoms with E-state index in [2.05, 4.69) is 0 Å². The molecule has 0 aliphatic rings. The number of carbonyl (C=O) groups is 2. The van der Waals surface area contributed by atoms with Gasteiger partial charge in [-0.25, -0.2) is 13.6 Å². The van der Waals surface area contributed by atoms with Crippen LogP contribution in [-0.2, 0) is 4.74 Å². The topological polar surface area (TPSA) is 82.1 Å². The number of carboxylic acid groups (broad SMARTS) is 1. The lowest BCUT2D eigenvalue weighted by atomic mass is 9.99. The number of carbonyl (C=O) groups excluding carboxylic acids is 1. The first-order valence-corrected chi connectivity index (χ1v) is 6.96. The van der Waals surface area contributed by atoms with Crippen molar-refractivity contribution in [1.29, 1.82) is 0 Å². The number of aromatic carboxylic acids is 1. The summed E-state index contributed by atoms with van der Waals surface area (Å²) in [5.74, 6) is -5.31. The Hall–Kier alpha value is -3.00. The number of hydrogen-bond acceptors (Lipinski definition) is 5. The molecule has 0 heterocycles. The van der Waals surface area contributed by atoms with Gasteiger partial charge in [-0.1, -0.05) is 0 Å². The van der Waals surface area contributed by atoms with E-state index >= 15 is 0 Å². The monoisotopic (exact) mass is 352 g/mol. The van der Waals surface area contributed by atoms with E-state index < -0.39 is 34.5 Å². The minimum Gasteiger partial charge on any atom is -0.497 e. The van der Waals surface area contributed by atoms with Gasteiger partial charge in [0, 0.05) is 7.11 Å². The SMILES string of the molecule is COCOc1ccc(OC)cc1C(=O)c1ccc(C(=O)O)c(F)c1F. The molecule has 0 unspecified atom stereocenters. The Morgan fingerprint density at radius 3 is 2.24 bits per heavy atom. The summed E-state index contributed by atoms with van der Waals surface area (Å²) >= 11 is 0. The summed E-state index contributed by atoms with van der Waals surface area (Å²) in [7, 11) is 2.76. The number of hydrogen-bond donors (Lipinski definition) is 1. The zero-order chi connectivity index (χ0) is 18.6. The first kappa shape index (κ1) is 18.3. The maximum Gasteiger partial charge on any atom is 0.338 e. The molecule has 1 N–H and O–H groups in total. The Bertz CT molecular complexity index is 819. The largest absolute Gasteiger partial charge is 0.497 e. The summed E-state index contributed by atoms with van der Waals surface area (Å²) in [6.07, 6.45) is 0. The van der Waals surface area contributed by atoms with Crippen molar-refractivity contribution in [2.75, 3.05) is 21.0 Å². The number of ketones is 1. The van der Waals surface area contributed by atoms with Crippen LogP contribution >= 0.6 is 0 Å². The normalized spacial score (nSPS) is 10.4. The van der Waals surface area contributed by atoms with Crippen LogP contribution in [0, 0.1) is 11.6 Å². The van der Waals surface area contributed by atoms with Gasteiger partial charge in [0.2, 0.25) is 0 Å². The zero-order valence-electron chi connectivity index (χ0n) is 13.3. The average Bonchev–Trinajstić information content (AvgIpc) is 2.61. The minimum absolute atomic E-state index is 0.0785. The van der Waals surface area contributed by atoms with Gasteiger partial charge in [0.25, 0.3) is 0 Å². The van der Waals surface area contributed by atoms with Crippen LogP contribution in [0.15, 0.2) is 30.3 Å². The number of benzene rings is 2. The van der Waals surface area contributed by atoms with E-state index in [4.69, 9.17) is 19.3 Å². The van der Waals surface area contributed by atoms with Crippen molar-refractivity contribution in [3.8, 4) is 11.5 Å². The van der Waals surface area contributed by atoms with Crippen LogP contribution in [0.1, 0.15) is 26.3 Å². The number of methoxy groups -OCH3 is 2. The fourth-order valence-electron chi connectivity index (χ4n) is 2.10. The summed E-state index contributed by atoms with van der Waals surface area (Å²) in [6.45, 7) is -0.165. The Kier molecular flexibility index (Phi) is 5.66. The molecule has 2 aromatic rings. The van der Waals surface area contributed by atoms with E-state index in [9.17, 15) is 18.4 Å². The van der Waals surface area contributed by atoms with Crippen LogP contribution in [0.25, 0.3) is 0 Å². The van der Waals surface area contributed by atoms with Crippen molar-refractivity contribution in [3.63, 3.8) is 0 Å². The molecular formula is C17H14F2O6. The Labute approximate surface area is 141 Å². The molecule has 0 aliphatic carbocycles. The lowest BCUT2D eigenvalue weighted by molar-refractivity contribution is 0.0502. The highest BCUT2D eigenvalue weighted by molar-refractivity contribution is 6.11. The van der Waals surface area contributed by atoms with E-state index in [1.807, 2.05) is 0 Å². The maximum atomic E-state index is 14.2. The van der Waals surface area contributed by atoms with Gasteiger partial charge in [0.1, 0.15) is 11.5 Å². The summed E-state index contributed by atoms with van der Waals surface area (Å²) in [4.78, 5) is 23.5. The second kappa shape index (κ2) is 7.71. The molecule has 2 aromatic carbocycles. The Morgan fingerprint density at radius 2 is 1.64 bits per heavy atom. The molecular weight excluding hydrogens is 338 g/mol. The number of rotatable bonds is 7. The summed E-state index contributed by atoms with van der Waals surface area (Å²) in [5, 5.41) is 8.80. The van der Waals surface area contributed by atoms with E-state index in [1.165, 1.54) is 32.4 Å². The van der Waals surface area contributed by atoms with Crippen LogP contribution in [0.3, 0.4) is 0 Å². The third kappa shape index (κ3) is 3.74. The van der Waals surface area contributed by atoms with Crippen LogP contribution < -0.4 is 9.47 Å². The van der Waals surface area contributed by atoms with Gasteiger partial charge < -0.3 is 19.3 Å². The van der Waals surface area contributed by atoms with Crippen molar-refractivity contribution < 1.29 is 37.7 Å².